The highest BCUT2D eigenvalue weighted by Gasteiger charge is 2.09. The molecule has 5 nitrogen and oxygen atoms in total. The number of ether oxygens (including phenoxy) is 2. The molecule has 0 amide bonds. The maximum atomic E-state index is 10.9. The molecule has 0 saturated heterocycles. The third-order valence-corrected chi connectivity index (χ3v) is 1.96. The lowest BCUT2D eigenvalue weighted by atomic mass is 10.5. The Morgan fingerprint density at radius 2 is 2.07 bits per heavy atom. The smallest absolute Gasteiger partial charge is 0.434 e. The van der Waals surface area contributed by atoms with E-state index in [4.69, 9.17) is 9.47 Å². The molecule has 1 heterocycles. The molecule has 0 radical (unpaired) electrons. The highest BCUT2D eigenvalue weighted by molar-refractivity contribution is 5.59. The van der Waals surface area contributed by atoms with Crippen LogP contribution in [0.3, 0.4) is 0 Å². The van der Waals surface area contributed by atoms with Crippen molar-refractivity contribution in [1.29, 1.82) is 0 Å². The molecule has 0 fully saturated rings. The van der Waals surface area contributed by atoms with Gasteiger partial charge in [-0.25, -0.2) is 4.79 Å². The zero-order chi connectivity index (χ0) is 11.1. The standard InChI is InChI=1S/C10H18N2O3/c1-3-7-14-10(13)15-8-6-12-5-4-11(2)9-12/h4-5H,3,6-9H2,1-2H3. The summed E-state index contributed by atoms with van der Waals surface area (Å²) in [5.41, 5.74) is 0. The van der Waals surface area contributed by atoms with Crippen LogP contribution in [0.2, 0.25) is 0 Å². The molecule has 0 aromatic carbocycles. The molecule has 0 saturated carbocycles. The predicted octanol–water partition coefficient (Wildman–Crippen LogP) is 1.23. The Morgan fingerprint density at radius 1 is 1.33 bits per heavy atom. The van der Waals surface area contributed by atoms with E-state index < -0.39 is 6.16 Å². The molecule has 0 unspecified atom stereocenters. The van der Waals surface area contributed by atoms with E-state index in [9.17, 15) is 4.79 Å². The van der Waals surface area contributed by atoms with Crippen molar-refractivity contribution in [3.63, 3.8) is 0 Å². The van der Waals surface area contributed by atoms with Crippen LogP contribution in [-0.4, -0.2) is 49.4 Å². The van der Waals surface area contributed by atoms with Crippen molar-refractivity contribution in [2.24, 2.45) is 0 Å². The topological polar surface area (TPSA) is 42.0 Å². The maximum absolute atomic E-state index is 10.9. The van der Waals surface area contributed by atoms with Crippen LogP contribution in [0.4, 0.5) is 4.79 Å². The van der Waals surface area contributed by atoms with E-state index in [2.05, 4.69) is 9.80 Å². The molecule has 0 aromatic heterocycles. The minimum Gasteiger partial charge on any atom is -0.434 e. The SMILES string of the molecule is CCCOC(=O)OCCN1C=CN(C)C1. The van der Waals surface area contributed by atoms with Crippen molar-refractivity contribution >= 4 is 6.16 Å². The van der Waals surface area contributed by atoms with Crippen LogP contribution in [0.15, 0.2) is 12.4 Å². The molecule has 5 heteroatoms. The summed E-state index contributed by atoms with van der Waals surface area (Å²) in [6.45, 7) is 4.26. The summed E-state index contributed by atoms with van der Waals surface area (Å²) in [5, 5.41) is 0. The van der Waals surface area contributed by atoms with Gasteiger partial charge in [0, 0.05) is 19.4 Å². The Morgan fingerprint density at radius 3 is 2.67 bits per heavy atom. The number of hydrogen-bond donors (Lipinski definition) is 0. The van der Waals surface area contributed by atoms with Crippen LogP contribution < -0.4 is 0 Å². The molecular formula is C10H18N2O3. The van der Waals surface area contributed by atoms with Gasteiger partial charge in [-0.2, -0.15) is 0 Å². The number of carbonyl (C=O) groups is 1. The quantitative estimate of drug-likeness (QED) is 0.644. The van der Waals surface area contributed by atoms with Crippen LogP contribution in [0.25, 0.3) is 0 Å². The fraction of sp³-hybridized carbons (Fsp3) is 0.700. The Hall–Kier alpha value is -1.39. The molecule has 86 valence electrons. The van der Waals surface area contributed by atoms with Gasteiger partial charge in [-0.05, 0) is 6.42 Å². The highest BCUT2D eigenvalue weighted by Crippen LogP contribution is 2.02. The van der Waals surface area contributed by atoms with E-state index in [0.29, 0.717) is 19.8 Å². The number of nitrogens with zero attached hydrogens (tertiary/aromatic N) is 2. The van der Waals surface area contributed by atoms with E-state index in [1.165, 1.54) is 0 Å². The van der Waals surface area contributed by atoms with Gasteiger partial charge in [0.1, 0.15) is 6.61 Å². The molecule has 0 aromatic rings. The summed E-state index contributed by atoms with van der Waals surface area (Å²) in [5.74, 6) is 0. The van der Waals surface area contributed by atoms with Gasteiger partial charge in [0.25, 0.3) is 0 Å². The Kier molecular flexibility index (Phi) is 4.80. The summed E-state index contributed by atoms with van der Waals surface area (Å²) in [6.07, 6.45) is 4.19. The third-order valence-electron chi connectivity index (χ3n) is 1.96. The van der Waals surface area contributed by atoms with E-state index in [1.807, 2.05) is 26.4 Å². The fourth-order valence-electron chi connectivity index (χ4n) is 1.21. The molecule has 1 aliphatic heterocycles. The fourth-order valence-corrected chi connectivity index (χ4v) is 1.21. The van der Waals surface area contributed by atoms with Gasteiger partial charge in [-0.1, -0.05) is 6.92 Å². The van der Waals surface area contributed by atoms with Crippen molar-refractivity contribution in [2.75, 3.05) is 33.5 Å². The summed E-state index contributed by atoms with van der Waals surface area (Å²) < 4.78 is 9.65. The Balaban J connectivity index is 2.01. The summed E-state index contributed by atoms with van der Waals surface area (Å²) >= 11 is 0. The molecule has 0 spiro atoms. The molecule has 1 aliphatic rings. The summed E-state index contributed by atoms with van der Waals surface area (Å²) in [6, 6.07) is 0. The van der Waals surface area contributed by atoms with E-state index in [1.54, 1.807) is 0 Å². The molecule has 0 bridgehead atoms. The largest absolute Gasteiger partial charge is 0.508 e. The first-order valence-electron chi connectivity index (χ1n) is 5.14. The van der Waals surface area contributed by atoms with Crippen LogP contribution in [0.1, 0.15) is 13.3 Å². The zero-order valence-electron chi connectivity index (χ0n) is 9.31. The Bertz CT molecular complexity index is 231. The van der Waals surface area contributed by atoms with Crippen LogP contribution >= 0.6 is 0 Å². The monoisotopic (exact) mass is 214 g/mol. The molecule has 0 aliphatic carbocycles. The lowest BCUT2D eigenvalue weighted by Gasteiger charge is -2.17. The Labute approximate surface area is 90.2 Å². The van der Waals surface area contributed by atoms with E-state index in [-0.39, 0.29) is 0 Å². The first-order valence-corrected chi connectivity index (χ1v) is 5.14. The minimum atomic E-state index is -0.576. The first-order chi connectivity index (χ1) is 7.22. The molecule has 15 heavy (non-hydrogen) atoms. The second-order valence-electron chi connectivity index (χ2n) is 3.46. The van der Waals surface area contributed by atoms with Crippen molar-refractivity contribution in [3.05, 3.63) is 12.4 Å². The van der Waals surface area contributed by atoms with Gasteiger partial charge < -0.3 is 19.3 Å². The van der Waals surface area contributed by atoms with Crippen molar-refractivity contribution in [2.45, 2.75) is 13.3 Å². The molecule has 0 N–H and O–H groups in total. The van der Waals surface area contributed by atoms with Gasteiger partial charge in [0.2, 0.25) is 0 Å². The molecular weight excluding hydrogens is 196 g/mol. The zero-order valence-corrected chi connectivity index (χ0v) is 9.31. The van der Waals surface area contributed by atoms with Crippen molar-refractivity contribution in [1.82, 2.24) is 9.80 Å². The molecule has 0 atom stereocenters. The maximum Gasteiger partial charge on any atom is 0.508 e. The number of rotatable bonds is 5. The van der Waals surface area contributed by atoms with E-state index in [0.717, 1.165) is 13.1 Å². The van der Waals surface area contributed by atoms with Crippen LogP contribution in [0, 0.1) is 0 Å². The van der Waals surface area contributed by atoms with Crippen molar-refractivity contribution in [3.8, 4) is 0 Å². The average Bonchev–Trinajstić information content (AvgIpc) is 2.61. The predicted molar refractivity (Wildman–Crippen MR) is 56.1 cm³/mol. The van der Waals surface area contributed by atoms with Crippen LogP contribution in [-0.2, 0) is 9.47 Å². The molecule has 1 rings (SSSR count). The van der Waals surface area contributed by atoms with Gasteiger partial charge in [0.05, 0.1) is 19.8 Å². The van der Waals surface area contributed by atoms with Crippen LogP contribution in [0.5, 0.6) is 0 Å². The average molecular weight is 214 g/mol. The van der Waals surface area contributed by atoms with Gasteiger partial charge in [0.15, 0.2) is 0 Å². The lowest BCUT2D eigenvalue weighted by Crippen LogP contribution is -2.26. The second kappa shape index (κ2) is 6.16. The third kappa shape index (κ3) is 4.58. The highest BCUT2D eigenvalue weighted by atomic mass is 16.7. The van der Waals surface area contributed by atoms with Crippen molar-refractivity contribution < 1.29 is 14.3 Å². The van der Waals surface area contributed by atoms with E-state index >= 15 is 0 Å². The normalized spacial score (nSPS) is 14.5. The first kappa shape index (κ1) is 11.7. The summed E-state index contributed by atoms with van der Waals surface area (Å²) in [4.78, 5) is 15.1. The van der Waals surface area contributed by atoms with Gasteiger partial charge in [-0.15, -0.1) is 0 Å². The minimum absolute atomic E-state index is 0.362. The van der Waals surface area contributed by atoms with Gasteiger partial charge >= 0.3 is 6.16 Å². The van der Waals surface area contributed by atoms with Gasteiger partial charge in [-0.3, -0.25) is 0 Å². The lowest BCUT2D eigenvalue weighted by molar-refractivity contribution is 0.0504. The number of hydrogen-bond acceptors (Lipinski definition) is 5. The second-order valence-corrected chi connectivity index (χ2v) is 3.46. The summed E-state index contributed by atoms with van der Waals surface area (Å²) in [7, 11) is 1.99. The number of carbonyl (C=O) groups excluding carboxylic acids is 1.